The summed E-state index contributed by atoms with van der Waals surface area (Å²) in [6.07, 6.45) is 1.99. The highest BCUT2D eigenvalue weighted by molar-refractivity contribution is 5.81. The van der Waals surface area contributed by atoms with E-state index < -0.39 is 0 Å². The Kier molecular flexibility index (Phi) is 3.83. The normalized spacial score (nSPS) is 12.9. The minimum Gasteiger partial charge on any atom is -0.508 e. The number of fused-ring (bicyclic) bond motifs is 2. The van der Waals surface area contributed by atoms with Crippen molar-refractivity contribution >= 4 is 17.2 Å². The van der Waals surface area contributed by atoms with Crippen molar-refractivity contribution in [3.63, 3.8) is 0 Å². The average Bonchev–Trinajstić information content (AvgIpc) is 3.08. The molecule has 3 heterocycles. The molecule has 28 heavy (non-hydrogen) atoms. The summed E-state index contributed by atoms with van der Waals surface area (Å²) in [5.74, 6) is 2.56. The predicted octanol–water partition coefficient (Wildman–Crippen LogP) is 4.53. The van der Waals surface area contributed by atoms with E-state index in [4.69, 9.17) is 14.5 Å². The molecule has 5 rings (SSSR count). The number of ether oxygens (including phenoxy) is 2. The van der Waals surface area contributed by atoms with Crippen molar-refractivity contribution in [2.24, 2.45) is 0 Å². The molecule has 6 nitrogen and oxygen atoms in total. The van der Waals surface area contributed by atoms with Crippen LogP contribution in [0.1, 0.15) is 5.56 Å². The van der Waals surface area contributed by atoms with Crippen LogP contribution in [0.2, 0.25) is 0 Å². The van der Waals surface area contributed by atoms with Crippen molar-refractivity contribution in [1.82, 2.24) is 9.38 Å². The molecule has 0 unspecified atom stereocenters. The van der Waals surface area contributed by atoms with Crippen LogP contribution in [0.4, 0.5) is 11.5 Å². The molecule has 6 heteroatoms. The molecular formula is C22H19N3O3. The molecule has 0 bridgehead atoms. The minimum absolute atomic E-state index is 0.227. The third kappa shape index (κ3) is 2.79. The van der Waals surface area contributed by atoms with E-state index in [1.54, 1.807) is 12.1 Å². The second kappa shape index (κ2) is 6.49. The van der Waals surface area contributed by atoms with Gasteiger partial charge in [-0.25, -0.2) is 4.98 Å². The highest BCUT2D eigenvalue weighted by Gasteiger charge is 2.17. The number of phenols is 1. The first-order valence-corrected chi connectivity index (χ1v) is 9.13. The van der Waals surface area contributed by atoms with Gasteiger partial charge in [-0.05, 0) is 55.0 Å². The highest BCUT2D eigenvalue weighted by Crippen LogP contribution is 2.36. The lowest BCUT2D eigenvalue weighted by atomic mass is 10.1. The van der Waals surface area contributed by atoms with E-state index in [1.807, 2.05) is 60.0 Å². The van der Waals surface area contributed by atoms with Crippen molar-refractivity contribution < 1.29 is 14.6 Å². The Balaban J connectivity index is 1.64. The lowest BCUT2D eigenvalue weighted by Gasteiger charge is -2.19. The number of hydrogen-bond donors (Lipinski definition) is 2. The van der Waals surface area contributed by atoms with Crippen LogP contribution in [0.5, 0.6) is 17.2 Å². The Bertz CT molecular complexity index is 1170. The van der Waals surface area contributed by atoms with E-state index in [0.29, 0.717) is 13.2 Å². The maximum Gasteiger partial charge on any atom is 0.163 e. The van der Waals surface area contributed by atoms with E-state index in [0.717, 1.165) is 45.5 Å². The SMILES string of the molecule is Cc1cccn2c(Nc3ccc4c(c3)OCCO4)c(-c3ccc(O)cc3)nc12. The standard InChI is InChI=1S/C22H19N3O3/c1-14-3-2-10-25-21(14)24-20(15-4-7-17(26)8-5-15)22(25)23-16-6-9-18-19(13-16)28-12-11-27-18/h2-10,13,23,26H,11-12H2,1H3. The number of aromatic hydroxyl groups is 1. The monoisotopic (exact) mass is 373 g/mol. The molecule has 1 aliphatic heterocycles. The van der Waals surface area contributed by atoms with Gasteiger partial charge in [0.1, 0.15) is 36.1 Å². The number of anilines is 2. The summed E-state index contributed by atoms with van der Waals surface area (Å²) >= 11 is 0. The Morgan fingerprint density at radius 2 is 1.79 bits per heavy atom. The van der Waals surface area contributed by atoms with Crippen LogP contribution in [0, 0.1) is 6.92 Å². The van der Waals surface area contributed by atoms with Crippen LogP contribution < -0.4 is 14.8 Å². The first kappa shape index (κ1) is 16.5. The zero-order chi connectivity index (χ0) is 19.1. The summed E-state index contributed by atoms with van der Waals surface area (Å²) in [6.45, 7) is 3.15. The van der Waals surface area contributed by atoms with Crippen molar-refractivity contribution in [1.29, 1.82) is 0 Å². The van der Waals surface area contributed by atoms with Gasteiger partial charge in [-0.15, -0.1) is 0 Å². The highest BCUT2D eigenvalue weighted by atomic mass is 16.6. The molecule has 2 aromatic heterocycles. The molecular weight excluding hydrogens is 354 g/mol. The van der Waals surface area contributed by atoms with Crippen LogP contribution in [0.3, 0.4) is 0 Å². The molecule has 2 N–H and O–H groups in total. The summed E-state index contributed by atoms with van der Waals surface area (Å²) in [7, 11) is 0. The van der Waals surface area contributed by atoms with Crippen molar-refractivity contribution in [3.8, 4) is 28.5 Å². The molecule has 4 aromatic rings. The van der Waals surface area contributed by atoms with Gasteiger partial charge in [0.15, 0.2) is 11.5 Å². The molecule has 0 saturated carbocycles. The van der Waals surface area contributed by atoms with Crippen LogP contribution in [-0.4, -0.2) is 27.7 Å². The summed E-state index contributed by atoms with van der Waals surface area (Å²) in [4.78, 5) is 4.86. The molecule has 0 saturated heterocycles. The second-order valence-corrected chi connectivity index (χ2v) is 6.72. The van der Waals surface area contributed by atoms with Crippen molar-refractivity contribution in [2.45, 2.75) is 6.92 Å². The third-order valence-corrected chi connectivity index (χ3v) is 4.79. The van der Waals surface area contributed by atoms with Gasteiger partial charge in [-0.1, -0.05) is 6.07 Å². The number of hydrogen-bond acceptors (Lipinski definition) is 5. The molecule has 0 atom stereocenters. The minimum atomic E-state index is 0.227. The van der Waals surface area contributed by atoms with E-state index in [9.17, 15) is 5.11 Å². The van der Waals surface area contributed by atoms with Gasteiger partial charge < -0.3 is 19.9 Å². The number of nitrogens with one attached hydrogen (secondary N) is 1. The Morgan fingerprint density at radius 1 is 1.00 bits per heavy atom. The zero-order valence-electron chi connectivity index (χ0n) is 15.3. The number of phenolic OH excluding ortho intramolecular Hbond substituents is 1. The first-order valence-electron chi connectivity index (χ1n) is 9.13. The van der Waals surface area contributed by atoms with Gasteiger partial charge in [0, 0.05) is 23.5 Å². The number of imidazole rings is 1. The molecule has 0 radical (unpaired) electrons. The fraction of sp³-hybridized carbons (Fsp3) is 0.136. The lowest BCUT2D eigenvalue weighted by molar-refractivity contribution is 0.171. The molecule has 0 fully saturated rings. The fourth-order valence-electron chi connectivity index (χ4n) is 3.40. The first-order chi connectivity index (χ1) is 13.7. The van der Waals surface area contributed by atoms with Gasteiger partial charge >= 0.3 is 0 Å². The quantitative estimate of drug-likeness (QED) is 0.552. The van der Waals surface area contributed by atoms with Crippen LogP contribution in [0.15, 0.2) is 60.8 Å². The van der Waals surface area contributed by atoms with E-state index >= 15 is 0 Å². The van der Waals surface area contributed by atoms with Gasteiger partial charge in [0.2, 0.25) is 0 Å². The van der Waals surface area contributed by atoms with E-state index in [2.05, 4.69) is 5.32 Å². The van der Waals surface area contributed by atoms with Crippen molar-refractivity contribution in [2.75, 3.05) is 18.5 Å². The second-order valence-electron chi connectivity index (χ2n) is 6.72. The number of rotatable bonds is 3. The van der Waals surface area contributed by atoms with E-state index in [-0.39, 0.29) is 5.75 Å². The van der Waals surface area contributed by atoms with Gasteiger partial charge in [-0.3, -0.25) is 4.40 Å². The number of benzene rings is 2. The van der Waals surface area contributed by atoms with Gasteiger partial charge in [0.25, 0.3) is 0 Å². The van der Waals surface area contributed by atoms with Crippen LogP contribution in [-0.2, 0) is 0 Å². The Labute approximate surface area is 162 Å². The maximum absolute atomic E-state index is 9.64. The molecule has 0 spiro atoms. The fourth-order valence-corrected chi connectivity index (χ4v) is 3.40. The lowest BCUT2D eigenvalue weighted by Crippen LogP contribution is -2.15. The summed E-state index contributed by atoms with van der Waals surface area (Å²) < 4.78 is 13.3. The molecule has 0 amide bonds. The summed E-state index contributed by atoms with van der Waals surface area (Å²) in [5.41, 5.74) is 4.57. The molecule has 1 aliphatic rings. The van der Waals surface area contributed by atoms with Gasteiger partial charge in [-0.2, -0.15) is 0 Å². The third-order valence-electron chi connectivity index (χ3n) is 4.79. The number of pyridine rings is 1. The topological polar surface area (TPSA) is 68.0 Å². The Morgan fingerprint density at radius 3 is 2.61 bits per heavy atom. The van der Waals surface area contributed by atoms with Crippen molar-refractivity contribution in [3.05, 3.63) is 66.4 Å². The molecule has 0 aliphatic carbocycles. The maximum atomic E-state index is 9.64. The zero-order valence-corrected chi connectivity index (χ0v) is 15.3. The number of aryl methyl sites for hydroxylation is 1. The van der Waals surface area contributed by atoms with Crippen LogP contribution >= 0.6 is 0 Å². The van der Waals surface area contributed by atoms with Gasteiger partial charge in [0.05, 0.1) is 0 Å². The largest absolute Gasteiger partial charge is 0.508 e. The molecule has 140 valence electrons. The van der Waals surface area contributed by atoms with Crippen LogP contribution in [0.25, 0.3) is 16.9 Å². The van der Waals surface area contributed by atoms with E-state index in [1.165, 1.54) is 0 Å². The average molecular weight is 373 g/mol. The molecule has 2 aromatic carbocycles. The number of aromatic nitrogens is 2. The number of nitrogens with zero attached hydrogens (tertiary/aromatic N) is 2. The summed E-state index contributed by atoms with van der Waals surface area (Å²) in [5, 5.41) is 13.1. The predicted molar refractivity (Wildman–Crippen MR) is 108 cm³/mol. The Hall–Kier alpha value is -3.67. The summed E-state index contributed by atoms with van der Waals surface area (Å²) in [6, 6.07) is 16.9. The smallest absolute Gasteiger partial charge is 0.163 e.